The predicted octanol–water partition coefficient (Wildman–Crippen LogP) is 2.64. The number of fused-ring (bicyclic) bond motifs is 5. The number of hydrogen-bond acceptors (Lipinski definition) is 1. The van der Waals surface area contributed by atoms with Crippen LogP contribution >= 0.6 is 0 Å². The van der Waals surface area contributed by atoms with E-state index in [1.165, 1.54) is 38.5 Å². The van der Waals surface area contributed by atoms with Crippen molar-refractivity contribution in [3.63, 3.8) is 0 Å². The summed E-state index contributed by atoms with van der Waals surface area (Å²) < 4.78 is 2.36. The second-order valence-electron chi connectivity index (χ2n) is 6.03. The average molecular weight is 281 g/mol. The fraction of sp³-hybridized carbons (Fsp3) is 0.0526. The molecule has 0 saturated carbocycles. The molecule has 0 bridgehead atoms. The third-order valence-electron chi connectivity index (χ3n) is 4.60. The van der Waals surface area contributed by atoms with E-state index in [0.29, 0.717) is 0 Å². The van der Waals surface area contributed by atoms with Gasteiger partial charge in [-0.25, -0.2) is 0 Å². The largest absolute Gasteiger partial charge is 0.399 e. The first kappa shape index (κ1) is 11.9. The Hall–Kier alpha value is -2.68. The summed E-state index contributed by atoms with van der Waals surface area (Å²) in [5.41, 5.74) is 14.4. The Balaban J connectivity index is 2.09. The zero-order valence-corrected chi connectivity index (χ0v) is 12.3. The van der Waals surface area contributed by atoms with E-state index in [1.807, 2.05) is 6.07 Å². The molecule has 2 N–H and O–H groups in total. The van der Waals surface area contributed by atoms with Crippen LogP contribution in [0, 0.1) is 6.92 Å². The van der Waals surface area contributed by atoms with Gasteiger partial charge in [0, 0.05) is 27.7 Å². The molecule has 2 heterocycles. The monoisotopic (exact) mass is 281 g/mol. The van der Waals surface area contributed by atoms with E-state index in [4.69, 9.17) is 5.73 Å². The van der Waals surface area contributed by atoms with Crippen LogP contribution < -0.4 is 16.7 Å². The van der Waals surface area contributed by atoms with Gasteiger partial charge in [-0.1, -0.05) is 41.9 Å². The van der Waals surface area contributed by atoms with E-state index in [0.717, 1.165) is 11.2 Å². The number of aromatic nitrogens is 1. The lowest BCUT2D eigenvalue weighted by Crippen LogP contribution is -2.37. The van der Waals surface area contributed by atoms with Crippen LogP contribution in [0.1, 0.15) is 5.56 Å². The minimum absolute atomic E-state index is 0.843. The molecule has 5 rings (SSSR count). The van der Waals surface area contributed by atoms with E-state index in [9.17, 15) is 0 Å². The Morgan fingerprint density at radius 1 is 0.955 bits per heavy atom. The van der Waals surface area contributed by atoms with Gasteiger partial charge < -0.3 is 10.3 Å². The first-order valence-electron chi connectivity index (χ1n) is 7.51. The molecule has 103 valence electrons. The molecular formula is C19H14BN2. The molecule has 0 atom stereocenters. The SMILES string of the molecule is Cc1cc(N)c2c(c1)-n1c3ccccc3c3cccc(c31)[B]2. The minimum atomic E-state index is 0.843. The van der Waals surface area contributed by atoms with E-state index < -0.39 is 0 Å². The lowest BCUT2D eigenvalue weighted by atomic mass is 9.60. The number of aryl methyl sites for hydroxylation is 1. The first-order chi connectivity index (χ1) is 10.7. The molecule has 4 aromatic rings. The molecule has 2 nitrogen and oxygen atoms in total. The number of anilines is 1. The molecule has 1 aliphatic heterocycles. The molecule has 0 aliphatic carbocycles. The van der Waals surface area contributed by atoms with Crippen LogP contribution in [-0.2, 0) is 0 Å². The minimum Gasteiger partial charge on any atom is -0.399 e. The van der Waals surface area contributed by atoms with Crippen molar-refractivity contribution in [2.75, 3.05) is 5.73 Å². The standard InChI is InChI=1S/C19H14BN2/c1-11-9-15(21)18-17(10-11)22-16-8-3-2-5-12(16)13-6-4-7-14(20-18)19(13)22/h2-10H,21H2,1H3. The summed E-state index contributed by atoms with van der Waals surface area (Å²) in [5, 5.41) is 2.59. The van der Waals surface area contributed by atoms with Gasteiger partial charge >= 0.3 is 0 Å². The zero-order chi connectivity index (χ0) is 14.8. The summed E-state index contributed by atoms with van der Waals surface area (Å²) in [6.45, 7) is 2.10. The average Bonchev–Trinajstić information content (AvgIpc) is 2.86. The Morgan fingerprint density at radius 3 is 2.68 bits per heavy atom. The fourth-order valence-corrected chi connectivity index (χ4v) is 3.72. The van der Waals surface area contributed by atoms with Crippen molar-refractivity contribution in [2.45, 2.75) is 6.92 Å². The molecule has 22 heavy (non-hydrogen) atoms. The van der Waals surface area contributed by atoms with Crippen molar-refractivity contribution in [1.82, 2.24) is 4.57 Å². The third-order valence-corrected chi connectivity index (χ3v) is 4.60. The van der Waals surface area contributed by atoms with Gasteiger partial charge in [-0.3, -0.25) is 0 Å². The van der Waals surface area contributed by atoms with Crippen LogP contribution in [0.2, 0.25) is 0 Å². The van der Waals surface area contributed by atoms with Gasteiger partial charge in [-0.15, -0.1) is 0 Å². The summed E-state index contributed by atoms with van der Waals surface area (Å²) in [6, 6.07) is 19.4. The molecule has 3 aromatic carbocycles. The summed E-state index contributed by atoms with van der Waals surface area (Å²) >= 11 is 0. The lowest BCUT2D eigenvalue weighted by molar-refractivity contribution is 1.18. The van der Waals surface area contributed by atoms with E-state index >= 15 is 0 Å². The molecule has 0 unspecified atom stereocenters. The highest BCUT2D eigenvalue weighted by atomic mass is 15.0. The van der Waals surface area contributed by atoms with Gasteiger partial charge in [0.2, 0.25) is 0 Å². The van der Waals surface area contributed by atoms with Crippen LogP contribution in [0.3, 0.4) is 0 Å². The molecule has 0 spiro atoms. The number of nitrogens with zero attached hydrogens (tertiary/aromatic N) is 1. The van der Waals surface area contributed by atoms with Crippen molar-refractivity contribution >= 4 is 45.7 Å². The molecule has 0 fully saturated rings. The number of hydrogen-bond donors (Lipinski definition) is 1. The van der Waals surface area contributed by atoms with Crippen LogP contribution in [0.25, 0.3) is 27.5 Å². The molecule has 0 amide bonds. The highest BCUT2D eigenvalue weighted by Crippen LogP contribution is 2.32. The second kappa shape index (κ2) is 3.95. The summed E-state index contributed by atoms with van der Waals surface area (Å²) in [5.74, 6) is 0. The molecule has 1 aromatic heterocycles. The molecule has 0 saturated heterocycles. The van der Waals surface area contributed by atoms with Gasteiger partial charge in [0.05, 0.1) is 5.52 Å². The highest BCUT2D eigenvalue weighted by Gasteiger charge is 2.23. The normalized spacial score (nSPS) is 12.4. The molecule has 3 heteroatoms. The van der Waals surface area contributed by atoms with Gasteiger partial charge in [0.25, 0.3) is 0 Å². The van der Waals surface area contributed by atoms with Crippen molar-refractivity contribution in [1.29, 1.82) is 0 Å². The maximum atomic E-state index is 6.30. The maximum absolute atomic E-state index is 6.30. The van der Waals surface area contributed by atoms with E-state index in [2.05, 4.69) is 67.3 Å². The lowest BCUT2D eigenvalue weighted by Gasteiger charge is -2.22. The number of nitrogen functional groups attached to an aromatic ring is 1. The summed E-state index contributed by atoms with van der Waals surface area (Å²) in [6.07, 6.45) is 0. The van der Waals surface area contributed by atoms with Crippen molar-refractivity contribution in [3.8, 4) is 5.69 Å². The van der Waals surface area contributed by atoms with Crippen molar-refractivity contribution < 1.29 is 0 Å². The van der Waals surface area contributed by atoms with Crippen LogP contribution in [0.4, 0.5) is 5.69 Å². The Labute approximate surface area is 129 Å². The van der Waals surface area contributed by atoms with Crippen LogP contribution in [-0.4, -0.2) is 11.8 Å². The van der Waals surface area contributed by atoms with Gasteiger partial charge in [-0.05, 0) is 36.1 Å². The number of para-hydroxylation sites is 2. The quantitative estimate of drug-likeness (QED) is 0.343. The Bertz CT molecular complexity index is 1080. The van der Waals surface area contributed by atoms with Crippen molar-refractivity contribution in [3.05, 3.63) is 60.2 Å². The Kier molecular flexibility index (Phi) is 2.14. The molecule has 1 aliphatic rings. The number of rotatable bonds is 0. The fourth-order valence-electron chi connectivity index (χ4n) is 3.72. The van der Waals surface area contributed by atoms with Gasteiger partial charge in [0.15, 0.2) is 7.28 Å². The predicted molar refractivity (Wildman–Crippen MR) is 95.0 cm³/mol. The summed E-state index contributed by atoms with van der Waals surface area (Å²) in [7, 11) is 2.21. The third kappa shape index (κ3) is 1.36. The number of benzene rings is 3. The van der Waals surface area contributed by atoms with Crippen LogP contribution in [0.15, 0.2) is 54.6 Å². The smallest absolute Gasteiger partial charge is 0.199 e. The molecule has 1 radical (unpaired) electrons. The van der Waals surface area contributed by atoms with E-state index in [-0.39, 0.29) is 0 Å². The first-order valence-corrected chi connectivity index (χ1v) is 7.51. The van der Waals surface area contributed by atoms with Crippen LogP contribution in [0.5, 0.6) is 0 Å². The summed E-state index contributed by atoms with van der Waals surface area (Å²) in [4.78, 5) is 0. The Morgan fingerprint density at radius 2 is 1.77 bits per heavy atom. The maximum Gasteiger partial charge on any atom is 0.199 e. The van der Waals surface area contributed by atoms with Crippen molar-refractivity contribution in [2.24, 2.45) is 0 Å². The van der Waals surface area contributed by atoms with Gasteiger partial charge in [-0.2, -0.15) is 0 Å². The number of nitrogens with two attached hydrogens (primary N) is 1. The topological polar surface area (TPSA) is 30.9 Å². The molecular weight excluding hydrogens is 267 g/mol. The van der Waals surface area contributed by atoms with E-state index in [1.54, 1.807) is 0 Å². The second-order valence-corrected chi connectivity index (χ2v) is 6.03. The highest BCUT2D eigenvalue weighted by molar-refractivity contribution is 6.73. The van der Waals surface area contributed by atoms with Gasteiger partial charge in [0.1, 0.15) is 0 Å². The zero-order valence-electron chi connectivity index (χ0n) is 12.3.